The number of rotatable bonds is 10. The normalized spacial score (nSPS) is 14.8. The molecule has 1 aliphatic rings. The highest BCUT2D eigenvalue weighted by atomic mass is 16.6. The van der Waals surface area contributed by atoms with Crippen LogP contribution < -0.4 is 10.1 Å². The SMILES string of the molecule is CC[C@@H](C(=O)NC1CCCCC1)N(Cc1cccc(OC)c1)C(=O)Cc1ccccc1[N+](=O)[O-]. The largest absolute Gasteiger partial charge is 0.497 e. The summed E-state index contributed by atoms with van der Waals surface area (Å²) in [6, 6.07) is 13.0. The fourth-order valence-corrected chi connectivity index (χ4v) is 4.53. The lowest BCUT2D eigenvalue weighted by Crippen LogP contribution is -2.52. The van der Waals surface area contributed by atoms with E-state index in [1.807, 2.05) is 31.2 Å². The van der Waals surface area contributed by atoms with Gasteiger partial charge in [0.25, 0.3) is 5.69 Å². The summed E-state index contributed by atoms with van der Waals surface area (Å²) in [6.45, 7) is 2.08. The van der Waals surface area contributed by atoms with Crippen LogP contribution in [0, 0.1) is 10.1 Å². The average Bonchev–Trinajstić information content (AvgIpc) is 2.84. The first kappa shape index (κ1) is 25.2. The number of amides is 2. The Labute approximate surface area is 200 Å². The summed E-state index contributed by atoms with van der Waals surface area (Å²) in [5, 5.41) is 14.6. The van der Waals surface area contributed by atoms with Crippen molar-refractivity contribution in [3.63, 3.8) is 0 Å². The van der Waals surface area contributed by atoms with Gasteiger partial charge in [0.1, 0.15) is 11.8 Å². The third-order valence-electron chi connectivity index (χ3n) is 6.35. The molecule has 1 fully saturated rings. The third kappa shape index (κ3) is 6.56. The summed E-state index contributed by atoms with van der Waals surface area (Å²) in [6.07, 6.45) is 5.53. The first-order chi connectivity index (χ1) is 16.4. The highest BCUT2D eigenvalue weighted by Gasteiger charge is 2.31. The number of benzene rings is 2. The smallest absolute Gasteiger partial charge is 0.273 e. The minimum atomic E-state index is -0.677. The number of methoxy groups -OCH3 is 1. The van der Waals surface area contributed by atoms with Gasteiger partial charge in [0.2, 0.25) is 11.8 Å². The quantitative estimate of drug-likeness (QED) is 0.412. The zero-order valence-corrected chi connectivity index (χ0v) is 19.9. The number of nitro benzene ring substituents is 1. The zero-order chi connectivity index (χ0) is 24.5. The number of ether oxygens (including phenoxy) is 1. The maximum absolute atomic E-state index is 13.5. The molecule has 1 aliphatic carbocycles. The molecule has 0 heterocycles. The van der Waals surface area contributed by atoms with Gasteiger partial charge in [-0.15, -0.1) is 0 Å². The van der Waals surface area contributed by atoms with Gasteiger partial charge in [-0.05, 0) is 37.0 Å². The van der Waals surface area contributed by atoms with Crippen molar-refractivity contribution < 1.29 is 19.2 Å². The Morgan fingerprint density at radius 2 is 1.88 bits per heavy atom. The van der Waals surface area contributed by atoms with Gasteiger partial charge in [0.15, 0.2) is 0 Å². The summed E-state index contributed by atoms with van der Waals surface area (Å²) in [5.74, 6) is 0.152. The van der Waals surface area contributed by atoms with Crippen LogP contribution in [0.2, 0.25) is 0 Å². The molecule has 0 spiro atoms. The highest BCUT2D eigenvalue weighted by molar-refractivity contribution is 5.89. The maximum atomic E-state index is 13.5. The van der Waals surface area contributed by atoms with Crippen LogP contribution in [0.3, 0.4) is 0 Å². The van der Waals surface area contributed by atoms with Gasteiger partial charge < -0.3 is 15.0 Å². The Balaban J connectivity index is 1.87. The lowest BCUT2D eigenvalue weighted by Gasteiger charge is -2.33. The van der Waals surface area contributed by atoms with Crippen molar-refractivity contribution in [3.05, 3.63) is 69.8 Å². The van der Waals surface area contributed by atoms with Crippen molar-refractivity contribution in [1.82, 2.24) is 10.2 Å². The molecule has 34 heavy (non-hydrogen) atoms. The molecule has 0 saturated heterocycles. The molecule has 1 saturated carbocycles. The molecule has 3 rings (SSSR count). The van der Waals surface area contributed by atoms with E-state index in [2.05, 4.69) is 5.32 Å². The number of para-hydroxylation sites is 1. The van der Waals surface area contributed by atoms with E-state index >= 15 is 0 Å². The van der Waals surface area contributed by atoms with Gasteiger partial charge in [-0.2, -0.15) is 0 Å². The molecule has 1 atom stereocenters. The summed E-state index contributed by atoms with van der Waals surface area (Å²) in [7, 11) is 1.57. The molecule has 0 radical (unpaired) electrons. The molecule has 8 heteroatoms. The molecule has 2 aromatic carbocycles. The van der Waals surface area contributed by atoms with Gasteiger partial charge in [-0.25, -0.2) is 0 Å². The zero-order valence-electron chi connectivity index (χ0n) is 19.9. The first-order valence-corrected chi connectivity index (χ1v) is 11.9. The van der Waals surface area contributed by atoms with Gasteiger partial charge in [-0.3, -0.25) is 19.7 Å². The van der Waals surface area contributed by atoms with E-state index in [9.17, 15) is 19.7 Å². The predicted molar refractivity (Wildman–Crippen MR) is 129 cm³/mol. The van der Waals surface area contributed by atoms with Crippen molar-refractivity contribution in [2.45, 2.75) is 70.5 Å². The fourth-order valence-electron chi connectivity index (χ4n) is 4.53. The van der Waals surface area contributed by atoms with Crippen LogP contribution in [-0.2, 0) is 22.6 Å². The lowest BCUT2D eigenvalue weighted by atomic mass is 9.95. The summed E-state index contributed by atoms with van der Waals surface area (Å²) >= 11 is 0. The minimum Gasteiger partial charge on any atom is -0.497 e. The van der Waals surface area contributed by atoms with E-state index in [0.717, 1.165) is 31.2 Å². The second-order valence-corrected chi connectivity index (χ2v) is 8.70. The van der Waals surface area contributed by atoms with E-state index in [1.54, 1.807) is 30.2 Å². The molecule has 2 aromatic rings. The monoisotopic (exact) mass is 467 g/mol. The molecule has 0 aromatic heterocycles. The van der Waals surface area contributed by atoms with E-state index in [4.69, 9.17) is 4.74 Å². The van der Waals surface area contributed by atoms with Gasteiger partial charge in [0.05, 0.1) is 18.5 Å². The number of carbonyl (C=O) groups is 2. The summed E-state index contributed by atoms with van der Waals surface area (Å²) in [5.41, 5.74) is 1.05. The molecule has 8 nitrogen and oxygen atoms in total. The van der Waals surface area contributed by atoms with Crippen molar-refractivity contribution in [2.75, 3.05) is 7.11 Å². The standard InChI is InChI=1S/C26H33N3O5/c1-3-23(26(31)27-21-12-5-4-6-13-21)28(18-19-10-9-14-22(16-19)34-2)25(30)17-20-11-7-8-15-24(20)29(32)33/h7-11,14-16,21,23H,3-6,12-13,17-18H2,1-2H3,(H,27,31)/t23-/m0/s1. The Morgan fingerprint density at radius 3 is 2.56 bits per heavy atom. The van der Waals surface area contributed by atoms with Crippen molar-refractivity contribution in [3.8, 4) is 5.75 Å². The molecule has 182 valence electrons. The second-order valence-electron chi connectivity index (χ2n) is 8.70. The summed E-state index contributed by atoms with van der Waals surface area (Å²) in [4.78, 5) is 39.3. The molecular weight excluding hydrogens is 434 g/mol. The van der Waals surface area contributed by atoms with Gasteiger partial charge in [0, 0.05) is 24.2 Å². The van der Waals surface area contributed by atoms with E-state index in [1.165, 1.54) is 12.5 Å². The van der Waals surface area contributed by atoms with Crippen molar-refractivity contribution in [2.24, 2.45) is 0 Å². The maximum Gasteiger partial charge on any atom is 0.273 e. The number of nitrogens with zero attached hydrogens (tertiary/aromatic N) is 2. The number of nitrogens with one attached hydrogen (secondary N) is 1. The minimum absolute atomic E-state index is 0.100. The average molecular weight is 468 g/mol. The number of nitro groups is 1. The van der Waals surface area contributed by atoms with Crippen molar-refractivity contribution >= 4 is 17.5 Å². The van der Waals surface area contributed by atoms with E-state index < -0.39 is 11.0 Å². The topological polar surface area (TPSA) is 102 Å². The molecule has 1 N–H and O–H groups in total. The van der Waals surface area contributed by atoms with Crippen molar-refractivity contribution in [1.29, 1.82) is 0 Å². The predicted octanol–water partition coefficient (Wildman–Crippen LogP) is 4.40. The van der Waals surface area contributed by atoms with E-state index in [0.29, 0.717) is 17.7 Å². The third-order valence-corrected chi connectivity index (χ3v) is 6.35. The Bertz CT molecular complexity index is 1000. The Morgan fingerprint density at radius 1 is 1.15 bits per heavy atom. The Kier molecular flexibility index (Phi) is 9.01. The number of carbonyl (C=O) groups excluding carboxylic acids is 2. The lowest BCUT2D eigenvalue weighted by molar-refractivity contribution is -0.385. The van der Waals surface area contributed by atoms with Crippen LogP contribution in [0.1, 0.15) is 56.6 Å². The van der Waals surface area contributed by atoms with Crippen LogP contribution in [-0.4, -0.2) is 40.8 Å². The molecule has 0 aliphatic heterocycles. The van der Waals surface area contributed by atoms with Crippen LogP contribution in [0.4, 0.5) is 5.69 Å². The fraction of sp³-hybridized carbons (Fsp3) is 0.462. The molecule has 0 bridgehead atoms. The van der Waals surface area contributed by atoms with E-state index in [-0.39, 0.29) is 36.5 Å². The second kappa shape index (κ2) is 12.2. The first-order valence-electron chi connectivity index (χ1n) is 11.9. The van der Waals surface area contributed by atoms with Gasteiger partial charge >= 0.3 is 0 Å². The highest BCUT2D eigenvalue weighted by Crippen LogP contribution is 2.23. The number of hydrogen-bond donors (Lipinski definition) is 1. The van der Waals surface area contributed by atoms with Crippen LogP contribution in [0.25, 0.3) is 0 Å². The molecule has 0 unspecified atom stereocenters. The van der Waals surface area contributed by atoms with Crippen LogP contribution in [0.5, 0.6) is 5.75 Å². The van der Waals surface area contributed by atoms with Crippen LogP contribution in [0.15, 0.2) is 48.5 Å². The molecule has 2 amide bonds. The van der Waals surface area contributed by atoms with Crippen LogP contribution >= 0.6 is 0 Å². The van der Waals surface area contributed by atoms with Gasteiger partial charge in [-0.1, -0.05) is 56.5 Å². The number of hydrogen-bond acceptors (Lipinski definition) is 5. The molecular formula is C26H33N3O5. The Hall–Kier alpha value is -3.42. The summed E-state index contributed by atoms with van der Waals surface area (Å²) < 4.78 is 5.31.